The van der Waals surface area contributed by atoms with Crippen LogP contribution in [0.15, 0.2) is 0 Å². The maximum atomic E-state index is 12.3. The highest BCUT2D eigenvalue weighted by Crippen LogP contribution is 2.37. The number of rotatable bonds is 2. The minimum Gasteiger partial charge on any atom is -0.328 e. The molecule has 5 nitrogen and oxygen atoms in total. The van der Waals surface area contributed by atoms with Crippen molar-refractivity contribution in [1.82, 2.24) is 10.2 Å². The van der Waals surface area contributed by atoms with Gasteiger partial charge in [-0.05, 0) is 26.7 Å². The maximum Gasteiger partial charge on any atom is 0.325 e. The van der Waals surface area contributed by atoms with Gasteiger partial charge in [-0.3, -0.25) is 9.69 Å². The first kappa shape index (κ1) is 11.4. The van der Waals surface area contributed by atoms with Gasteiger partial charge in [0.1, 0.15) is 5.54 Å². The minimum absolute atomic E-state index is 0.0922. The van der Waals surface area contributed by atoms with Crippen LogP contribution in [0.5, 0.6) is 0 Å². The molecule has 1 saturated heterocycles. The zero-order valence-electron chi connectivity index (χ0n) is 9.88. The predicted molar refractivity (Wildman–Crippen MR) is 59.7 cm³/mol. The molecule has 0 aromatic heterocycles. The van der Waals surface area contributed by atoms with Gasteiger partial charge in [-0.1, -0.05) is 12.8 Å². The number of hydrogen-bond acceptors (Lipinski definition) is 3. The van der Waals surface area contributed by atoms with Crippen LogP contribution < -0.4 is 11.1 Å². The Hall–Kier alpha value is -1.10. The molecule has 0 atom stereocenters. The molecule has 1 aliphatic heterocycles. The van der Waals surface area contributed by atoms with E-state index in [2.05, 4.69) is 5.32 Å². The molecule has 1 saturated carbocycles. The summed E-state index contributed by atoms with van der Waals surface area (Å²) in [5, 5.41) is 2.85. The van der Waals surface area contributed by atoms with Crippen LogP contribution in [0, 0.1) is 0 Å². The molecular weight excluding hydrogens is 206 g/mol. The number of nitrogens with one attached hydrogen (secondary N) is 1. The van der Waals surface area contributed by atoms with E-state index >= 15 is 0 Å². The quantitative estimate of drug-likeness (QED) is 0.675. The lowest BCUT2D eigenvalue weighted by Crippen LogP contribution is -2.53. The van der Waals surface area contributed by atoms with Crippen LogP contribution in [-0.4, -0.2) is 34.5 Å². The van der Waals surface area contributed by atoms with E-state index < -0.39 is 11.1 Å². The van der Waals surface area contributed by atoms with Crippen molar-refractivity contribution in [3.8, 4) is 0 Å². The average molecular weight is 225 g/mol. The third kappa shape index (κ3) is 1.42. The first-order valence-electron chi connectivity index (χ1n) is 5.80. The van der Waals surface area contributed by atoms with Gasteiger partial charge in [-0.25, -0.2) is 4.79 Å². The first-order valence-corrected chi connectivity index (χ1v) is 5.80. The lowest BCUT2D eigenvalue weighted by molar-refractivity contribution is -0.134. The molecular formula is C11H19N3O2. The minimum atomic E-state index is -0.622. The van der Waals surface area contributed by atoms with Crippen LogP contribution in [0.25, 0.3) is 0 Å². The van der Waals surface area contributed by atoms with E-state index in [0.717, 1.165) is 25.7 Å². The monoisotopic (exact) mass is 225 g/mol. The van der Waals surface area contributed by atoms with Gasteiger partial charge in [0.2, 0.25) is 0 Å². The SMILES string of the molecule is CC(C)(CN)N1C(=O)NC2(CCCC2)C1=O. The Morgan fingerprint density at radius 1 is 1.38 bits per heavy atom. The second kappa shape index (κ2) is 3.45. The molecule has 2 rings (SSSR count). The van der Waals surface area contributed by atoms with E-state index in [1.807, 2.05) is 13.8 Å². The molecule has 90 valence electrons. The molecule has 2 fully saturated rings. The first-order chi connectivity index (χ1) is 7.43. The smallest absolute Gasteiger partial charge is 0.325 e. The van der Waals surface area contributed by atoms with Gasteiger partial charge in [0, 0.05) is 6.54 Å². The van der Waals surface area contributed by atoms with E-state index in [1.54, 1.807) is 0 Å². The van der Waals surface area contributed by atoms with Gasteiger partial charge >= 0.3 is 6.03 Å². The second-order valence-electron chi connectivity index (χ2n) is 5.38. The molecule has 1 aliphatic carbocycles. The summed E-state index contributed by atoms with van der Waals surface area (Å²) in [6.07, 6.45) is 3.52. The Morgan fingerprint density at radius 3 is 2.44 bits per heavy atom. The largest absolute Gasteiger partial charge is 0.328 e. The summed E-state index contributed by atoms with van der Waals surface area (Å²) in [7, 11) is 0. The number of carbonyl (C=O) groups is 2. The van der Waals surface area contributed by atoms with E-state index in [4.69, 9.17) is 5.73 Å². The molecule has 1 spiro atoms. The molecule has 0 aromatic rings. The highest BCUT2D eigenvalue weighted by molar-refractivity contribution is 6.07. The van der Waals surface area contributed by atoms with Crippen molar-refractivity contribution in [3.63, 3.8) is 0 Å². The number of urea groups is 1. The van der Waals surface area contributed by atoms with E-state index in [1.165, 1.54) is 4.90 Å². The summed E-state index contributed by atoms with van der Waals surface area (Å²) in [5.74, 6) is -0.0922. The van der Waals surface area contributed by atoms with E-state index in [-0.39, 0.29) is 18.5 Å². The normalized spacial score (nSPS) is 24.3. The molecule has 16 heavy (non-hydrogen) atoms. The summed E-state index contributed by atoms with van der Waals surface area (Å²) < 4.78 is 0. The predicted octanol–water partition coefficient (Wildman–Crippen LogP) is 0.588. The number of nitrogens with zero attached hydrogens (tertiary/aromatic N) is 1. The summed E-state index contributed by atoms with van der Waals surface area (Å²) >= 11 is 0. The van der Waals surface area contributed by atoms with Gasteiger partial charge < -0.3 is 11.1 Å². The van der Waals surface area contributed by atoms with Crippen LogP contribution >= 0.6 is 0 Å². The van der Waals surface area contributed by atoms with E-state index in [0.29, 0.717) is 0 Å². The van der Waals surface area contributed by atoms with Gasteiger partial charge in [0.25, 0.3) is 5.91 Å². The van der Waals surface area contributed by atoms with Gasteiger partial charge in [-0.15, -0.1) is 0 Å². The molecule has 3 N–H and O–H groups in total. The van der Waals surface area contributed by atoms with Gasteiger partial charge in [0.15, 0.2) is 0 Å². The zero-order chi connectivity index (χ0) is 12.0. The van der Waals surface area contributed by atoms with Crippen LogP contribution in [0.2, 0.25) is 0 Å². The van der Waals surface area contributed by atoms with Crippen LogP contribution in [-0.2, 0) is 4.79 Å². The average Bonchev–Trinajstić information content (AvgIpc) is 2.75. The van der Waals surface area contributed by atoms with Crippen LogP contribution in [0.4, 0.5) is 4.79 Å². The summed E-state index contributed by atoms with van der Waals surface area (Å²) in [6.45, 7) is 3.92. The topological polar surface area (TPSA) is 75.4 Å². The molecule has 0 bridgehead atoms. The Morgan fingerprint density at radius 2 is 1.94 bits per heavy atom. The van der Waals surface area contributed by atoms with Crippen molar-refractivity contribution < 1.29 is 9.59 Å². The number of imide groups is 1. The van der Waals surface area contributed by atoms with Crippen LogP contribution in [0.1, 0.15) is 39.5 Å². The van der Waals surface area contributed by atoms with Gasteiger partial charge in [0.05, 0.1) is 5.54 Å². The molecule has 0 radical (unpaired) electrons. The second-order valence-corrected chi connectivity index (χ2v) is 5.38. The molecule has 5 heteroatoms. The third-order valence-electron chi connectivity index (χ3n) is 3.72. The van der Waals surface area contributed by atoms with Gasteiger partial charge in [-0.2, -0.15) is 0 Å². The van der Waals surface area contributed by atoms with Crippen LogP contribution in [0.3, 0.4) is 0 Å². The number of hydrogen-bond donors (Lipinski definition) is 2. The fourth-order valence-corrected chi connectivity index (χ4v) is 2.58. The highest BCUT2D eigenvalue weighted by atomic mass is 16.2. The maximum absolute atomic E-state index is 12.3. The lowest BCUT2D eigenvalue weighted by atomic mass is 9.95. The fourth-order valence-electron chi connectivity index (χ4n) is 2.58. The Labute approximate surface area is 95.3 Å². The van der Waals surface area contributed by atoms with Crippen molar-refractivity contribution in [2.45, 2.75) is 50.6 Å². The number of carbonyl (C=O) groups excluding carboxylic acids is 2. The standard InChI is InChI=1S/C11H19N3O2/c1-10(2,7-12)14-8(15)11(13-9(14)16)5-3-4-6-11/h3-7,12H2,1-2H3,(H,13,16). The Kier molecular flexibility index (Phi) is 2.45. The third-order valence-corrected chi connectivity index (χ3v) is 3.72. The fraction of sp³-hybridized carbons (Fsp3) is 0.818. The molecule has 2 aliphatic rings. The Balaban J connectivity index is 2.30. The number of amides is 3. The van der Waals surface area contributed by atoms with Crippen molar-refractivity contribution >= 4 is 11.9 Å². The summed E-state index contributed by atoms with van der Waals surface area (Å²) in [5.41, 5.74) is 4.40. The van der Waals surface area contributed by atoms with E-state index in [9.17, 15) is 9.59 Å². The molecule has 0 unspecified atom stereocenters. The number of nitrogens with two attached hydrogens (primary N) is 1. The summed E-state index contributed by atoms with van der Waals surface area (Å²) in [4.78, 5) is 25.5. The van der Waals surface area contributed by atoms with Crippen molar-refractivity contribution in [2.75, 3.05) is 6.54 Å². The Bertz CT molecular complexity index is 332. The van der Waals surface area contributed by atoms with Crippen molar-refractivity contribution in [1.29, 1.82) is 0 Å². The molecule has 1 heterocycles. The molecule has 0 aromatic carbocycles. The summed E-state index contributed by atoms with van der Waals surface area (Å²) in [6, 6.07) is -0.289. The zero-order valence-corrected chi connectivity index (χ0v) is 9.88. The molecule has 3 amide bonds. The van der Waals surface area contributed by atoms with Crippen molar-refractivity contribution in [2.24, 2.45) is 5.73 Å². The lowest BCUT2D eigenvalue weighted by Gasteiger charge is -2.32. The highest BCUT2D eigenvalue weighted by Gasteiger charge is 2.55. The van der Waals surface area contributed by atoms with Crippen molar-refractivity contribution in [3.05, 3.63) is 0 Å².